The summed E-state index contributed by atoms with van der Waals surface area (Å²) in [4.78, 5) is 27.3. The molecule has 3 aromatic rings. The molecule has 0 radical (unpaired) electrons. The van der Waals surface area contributed by atoms with Gasteiger partial charge in [0.15, 0.2) is 0 Å². The fraction of sp³-hybridized carbons (Fsp3) is 0.273. The van der Waals surface area contributed by atoms with E-state index in [1.165, 1.54) is 11.3 Å². The lowest BCUT2D eigenvalue weighted by Crippen LogP contribution is -2.34. The molecule has 31 heavy (non-hydrogen) atoms. The van der Waals surface area contributed by atoms with Crippen molar-refractivity contribution in [1.29, 1.82) is 0 Å². The van der Waals surface area contributed by atoms with Gasteiger partial charge in [-0.05, 0) is 55.2 Å². The number of carbonyl (C=O) groups excluding carboxylic acids is 2. The smallest absolute Gasteiger partial charge is 0.320 e. The van der Waals surface area contributed by atoms with E-state index in [9.17, 15) is 9.59 Å². The van der Waals surface area contributed by atoms with Crippen molar-refractivity contribution in [3.63, 3.8) is 0 Å². The van der Waals surface area contributed by atoms with E-state index < -0.39 is 0 Å². The number of hydrogen-bond acceptors (Lipinski definition) is 5. The molecule has 2 aromatic carbocycles. The number of aryl methyl sites for hydroxylation is 1. The quantitative estimate of drug-likeness (QED) is 0.541. The number of hydrogen-bond donors (Lipinski definition) is 2. The summed E-state index contributed by atoms with van der Waals surface area (Å²) in [5.41, 5.74) is 2.53. The minimum atomic E-state index is -0.336. The van der Waals surface area contributed by atoms with Gasteiger partial charge in [-0.2, -0.15) is 0 Å². The Kier molecular flexibility index (Phi) is 6.48. The molecule has 9 heteroatoms. The summed E-state index contributed by atoms with van der Waals surface area (Å²) >= 11 is 7.09. The summed E-state index contributed by atoms with van der Waals surface area (Å²) in [7, 11) is 0. The molecule has 1 fully saturated rings. The number of likely N-dealkylation sites (tertiary alicyclic amines) is 1. The fourth-order valence-electron chi connectivity index (χ4n) is 3.58. The highest BCUT2D eigenvalue weighted by molar-refractivity contribution is 7.13. The van der Waals surface area contributed by atoms with Gasteiger partial charge in [-0.1, -0.05) is 48.1 Å². The van der Waals surface area contributed by atoms with Crippen LogP contribution in [0.4, 0.5) is 16.2 Å². The van der Waals surface area contributed by atoms with Crippen LogP contribution in [0.1, 0.15) is 46.2 Å². The van der Waals surface area contributed by atoms with Crippen LogP contribution in [0.3, 0.4) is 0 Å². The van der Waals surface area contributed by atoms with Crippen molar-refractivity contribution in [3.8, 4) is 0 Å². The molecule has 1 aliphatic rings. The lowest BCUT2D eigenvalue weighted by molar-refractivity contribution is 0.102. The van der Waals surface area contributed by atoms with E-state index in [1.807, 2.05) is 24.3 Å². The zero-order chi connectivity index (χ0) is 21.8. The number of aromatic nitrogens is 2. The summed E-state index contributed by atoms with van der Waals surface area (Å²) < 4.78 is 0. The van der Waals surface area contributed by atoms with Crippen molar-refractivity contribution in [1.82, 2.24) is 15.1 Å². The first-order valence-electron chi connectivity index (χ1n) is 10.1. The Bertz CT molecular complexity index is 1090. The van der Waals surface area contributed by atoms with Gasteiger partial charge in [-0.3, -0.25) is 4.79 Å². The number of urea groups is 1. The molecule has 1 aromatic heterocycles. The van der Waals surface area contributed by atoms with Crippen molar-refractivity contribution in [2.75, 3.05) is 17.2 Å². The number of benzene rings is 2. The van der Waals surface area contributed by atoms with Gasteiger partial charge >= 0.3 is 6.03 Å². The summed E-state index contributed by atoms with van der Waals surface area (Å²) in [5, 5.41) is 15.6. The fourth-order valence-corrected chi connectivity index (χ4v) is 4.60. The topological polar surface area (TPSA) is 87.2 Å². The van der Waals surface area contributed by atoms with Crippen LogP contribution in [0, 0.1) is 0 Å². The average molecular weight is 456 g/mol. The van der Waals surface area contributed by atoms with Crippen LogP contribution in [-0.4, -0.2) is 33.6 Å². The van der Waals surface area contributed by atoms with Crippen LogP contribution in [0.25, 0.3) is 0 Å². The zero-order valence-electron chi connectivity index (χ0n) is 17.0. The SMILES string of the molecule is CCc1ccccc1NC(=O)N1CCC[C@@H]1c1nnc(C(=O)Nc2ccc(Cl)cc2)s1. The molecular formula is C22H22ClN5O2S. The molecule has 2 heterocycles. The second kappa shape index (κ2) is 9.45. The maximum atomic E-state index is 13.0. The lowest BCUT2D eigenvalue weighted by atomic mass is 10.1. The van der Waals surface area contributed by atoms with Crippen molar-refractivity contribution in [2.24, 2.45) is 0 Å². The van der Waals surface area contributed by atoms with Crippen molar-refractivity contribution in [3.05, 3.63) is 69.1 Å². The van der Waals surface area contributed by atoms with Gasteiger partial charge in [-0.25, -0.2) is 4.79 Å². The predicted molar refractivity (Wildman–Crippen MR) is 123 cm³/mol. The number of halogens is 1. The number of rotatable bonds is 5. The van der Waals surface area contributed by atoms with Crippen LogP contribution in [0.5, 0.6) is 0 Å². The normalized spacial score (nSPS) is 15.7. The number of para-hydroxylation sites is 1. The molecule has 0 spiro atoms. The van der Waals surface area contributed by atoms with Crippen LogP contribution in [0.2, 0.25) is 5.02 Å². The Labute approximate surface area is 189 Å². The molecule has 1 saturated heterocycles. The third-order valence-corrected chi connectivity index (χ3v) is 6.45. The Morgan fingerprint density at radius 1 is 1.13 bits per heavy atom. The number of anilines is 2. The van der Waals surface area contributed by atoms with E-state index >= 15 is 0 Å². The van der Waals surface area contributed by atoms with E-state index in [2.05, 4.69) is 27.8 Å². The maximum Gasteiger partial charge on any atom is 0.322 e. The minimum Gasteiger partial charge on any atom is -0.320 e. The van der Waals surface area contributed by atoms with Gasteiger partial charge in [0.25, 0.3) is 5.91 Å². The van der Waals surface area contributed by atoms with Crippen LogP contribution in [-0.2, 0) is 6.42 Å². The number of carbonyl (C=O) groups is 2. The van der Waals surface area contributed by atoms with Crippen LogP contribution < -0.4 is 10.6 Å². The van der Waals surface area contributed by atoms with E-state index in [-0.39, 0.29) is 23.0 Å². The molecule has 2 N–H and O–H groups in total. The minimum absolute atomic E-state index is 0.161. The number of amides is 3. The molecule has 7 nitrogen and oxygen atoms in total. The van der Waals surface area contributed by atoms with E-state index in [1.54, 1.807) is 29.2 Å². The third-order valence-electron chi connectivity index (χ3n) is 5.18. The molecule has 0 unspecified atom stereocenters. The highest BCUT2D eigenvalue weighted by Gasteiger charge is 2.33. The Hall–Kier alpha value is -2.97. The molecule has 3 amide bonds. The first-order chi connectivity index (χ1) is 15.0. The Morgan fingerprint density at radius 2 is 1.90 bits per heavy atom. The summed E-state index contributed by atoms with van der Waals surface area (Å²) in [6.45, 7) is 2.69. The standard InChI is InChI=1S/C22H22ClN5O2S/c1-2-14-6-3-4-7-17(14)25-22(30)28-13-5-8-18(28)20-26-27-21(31-20)19(29)24-16-11-9-15(23)10-12-16/h3-4,6-7,9-12,18H,2,5,8,13H2,1H3,(H,24,29)(H,25,30)/t18-/m1/s1. The average Bonchev–Trinajstić information content (AvgIpc) is 3.45. The molecule has 0 aliphatic carbocycles. The molecule has 0 bridgehead atoms. The highest BCUT2D eigenvalue weighted by atomic mass is 35.5. The van der Waals surface area contributed by atoms with Gasteiger partial charge in [0, 0.05) is 22.9 Å². The number of nitrogens with one attached hydrogen (secondary N) is 2. The highest BCUT2D eigenvalue weighted by Crippen LogP contribution is 2.34. The van der Waals surface area contributed by atoms with E-state index in [0.717, 1.165) is 30.5 Å². The first-order valence-corrected chi connectivity index (χ1v) is 11.3. The summed E-state index contributed by atoms with van der Waals surface area (Å²) in [6, 6.07) is 14.3. The lowest BCUT2D eigenvalue weighted by Gasteiger charge is -2.23. The Morgan fingerprint density at radius 3 is 2.68 bits per heavy atom. The zero-order valence-corrected chi connectivity index (χ0v) is 18.5. The van der Waals surface area contributed by atoms with E-state index in [0.29, 0.717) is 22.3 Å². The molecule has 4 rings (SSSR count). The van der Waals surface area contributed by atoms with Gasteiger partial charge in [0.2, 0.25) is 5.01 Å². The van der Waals surface area contributed by atoms with E-state index in [4.69, 9.17) is 11.6 Å². The summed E-state index contributed by atoms with van der Waals surface area (Å²) in [6.07, 6.45) is 2.50. The monoisotopic (exact) mass is 455 g/mol. The van der Waals surface area contributed by atoms with Gasteiger partial charge < -0.3 is 15.5 Å². The number of nitrogens with zero attached hydrogens (tertiary/aromatic N) is 3. The second-order valence-corrected chi connectivity index (χ2v) is 8.64. The molecular weight excluding hydrogens is 434 g/mol. The molecule has 160 valence electrons. The maximum absolute atomic E-state index is 13.0. The van der Waals surface area contributed by atoms with Crippen molar-refractivity contribution < 1.29 is 9.59 Å². The largest absolute Gasteiger partial charge is 0.322 e. The predicted octanol–water partition coefficient (Wildman–Crippen LogP) is 5.38. The van der Waals surface area contributed by atoms with Gasteiger partial charge in [-0.15, -0.1) is 10.2 Å². The Balaban J connectivity index is 1.45. The molecule has 1 atom stereocenters. The molecule has 1 aliphatic heterocycles. The van der Waals surface area contributed by atoms with Crippen molar-refractivity contribution in [2.45, 2.75) is 32.2 Å². The summed E-state index contributed by atoms with van der Waals surface area (Å²) in [5.74, 6) is -0.336. The molecule has 0 saturated carbocycles. The van der Waals surface area contributed by atoms with Crippen LogP contribution >= 0.6 is 22.9 Å². The third kappa shape index (κ3) is 4.86. The van der Waals surface area contributed by atoms with Crippen molar-refractivity contribution >= 4 is 46.3 Å². The first kappa shape index (κ1) is 21.3. The van der Waals surface area contributed by atoms with Gasteiger partial charge in [0.05, 0.1) is 6.04 Å². The second-order valence-electron chi connectivity index (χ2n) is 7.20. The van der Waals surface area contributed by atoms with Gasteiger partial charge in [0.1, 0.15) is 5.01 Å². The van der Waals surface area contributed by atoms with Crippen LogP contribution in [0.15, 0.2) is 48.5 Å².